The zero-order valence-corrected chi connectivity index (χ0v) is 10.1. The van der Waals surface area contributed by atoms with Crippen molar-refractivity contribution in [2.45, 2.75) is 6.61 Å². The molecule has 2 aromatic rings. The van der Waals surface area contributed by atoms with E-state index >= 15 is 0 Å². The number of anilines is 1. The lowest BCUT2D eigenvalue weighted by atomic mass is 10.4. The number of rotatable bonds is 4. The normalized spacial score (nSPS) is 10.5. The van der Waals surface area contributed by atoms with Gasteiger partial charge in [0.15, 0.2) is 11.6 Å². The minimum absolute atomic E-state index is 0.453. The molecule has 0 aliphatic heterocycles. The zero-order chi connectivity index (χ0) is 12.3. The minimum atomic E-state index is 0.453. The van der Waals surface area contributed by atoms with Crippen LogP contribution in [0.15, 0.2) is 18.5 Å². The van der Waals surface area contributed by atoms with E-state index in [1.807, 2.05) is 30.9 Å². The fourth-order valence-electron chi connectivity index (χ4n) is 1.53. The van der Waals surface area contributed by atoms with Crippen LogP contribution in [0.4, 0.5) is 5.82 Å². The van der Waals surface area contributed by atoms with E-state index in [9.17, 15) is 0 Å². The number of nitrogens with zero attached hydrogens (tertiary/aromatic N) is 4. The molecule has 0 saturated carbocycles. The largest absolute Gasteiger partial charge is 0.378 e. The first kappa shape index (κ1) is 11.5. The summed E-state index contributed by atoms with van der Waals surface area (Å²) in [6.45, 7) is 0.453. The van der Waals surface area contributed by atoms with Crippen molar-refractivity contribution in [2.75, 3.05) is 19.5 Å². The molecule has 0 aromatic carbocycles. The molecule has 2 rings (SSSR count). The third kappa shape index (κ3) is 2.42. The number of ether oxygens (including phenoxy) is 1. The summed E-state index contributed by atoms with van der Waals surface area (Å²) in [6, 6.07) is 1.86. The maximum absolute atomic E-state index is 5.08. The quantitative estimate of drug-likeness (QED) is 0.855. The molecule has 0 atom stereocenters. The molecular weight excluding hydrogens is 218 g/mol. The summed E-state index contributed by atoms with van der Waals surface area (Å²) in [6.07, 6.45) is 3.58. The third-order valence-electron chi connectivity index (χ3n) is 2.35. The predicted octanol–water partition coefficient (Wildman–Crippen LogP) is 1.07. The van der Waals surface area contributed by atoms with Crippen LogP contribution in [0.3, 0.4) is 0 Å². The van der Waals surface area contributed by atoms with Gasteiger partial charge in [0.05, 0.1) is 12.3 Å². The molecule has 0 aliphatic carbocycles. The van der Waals surface area contributed by atoms with Crippen molar-refractivity contribution in [1.82, 2.24) is 19.5 Å². The maximum atomic E-state index is 5.08. The van der Waals surface area contributed by atoms with Gasteiger partial charge in [0.1, 0.15) is 5.82 Å². The van der Waals surface area contributed by atoms with Gasteiger partial charge in [-0.15, -0.1) is 0 Å². The number of nitrogens with one attached hydrogen (secondary N) is 1. The Bertz CT molecular complexity index is 508. The fraction of sp³-hybridized carbons (Fsp3) is 0.364. The van der Waals surface area contributed by atoms with Gasteiger partial charge in [-0.3, -0.25) is 0 Å². The van der Waals surface area contributed by atoms with Crippen molar-refractivity contribution in [3.8, 4) is 11.6 Å². The molecule has 2 aromatic heterocycles. The summed E-state index contributed by atoms with van der Waals surface area (Å²) < 4.78 is 6.97. The Kier molecular flexibility index (Phi) is 3.34. The van der Waals surface area contributed by atoms with E-state index in [0.717, 1.165) is 17.3 Å². The van der Waals surface area contributed by atoms with Crippen molar-refractivity contribution in [1.29, 1.82) is 0 Å². The molecule has 0 radical (unpaired) electrons. The molecule has 6 heteroatoms. The molecule has 90 valence electrons. The summed E-state index contributed by atoms with van der Waals surface area (Å²) in [4.78, 5) is 13.0. The molecule has 2 heterocycles. The molecule has 0 saturated heterocycles. The topological polar surface area (TPSA) is 64.9 Å². The smallest absolute Gasteiger partial charge is 0.198 e. The second-order valence-corrected chi connectivity index (χ2v) is 3.61. The van der Waals surface area contributed by atoms with Gasteiger partial charge in [-0.05, 0) is 0 Å². The van der Waals surface area contributed by atoms with Crippen LogP contribution in [0.5, 0.6) is 0 Å². The first-order valence-electron chi connectivity index (χ1n) is 5.27. The average molecular weight is 233 g/mol. The lowest BCUT2D eigenvalue weighted by molar-refractivity contribution is 0.181. The Morgan fingerprint density at radius 3 is 2.82 bits per heavy atom. The lowest BCUT2D eigenvalue weighted by Gasteiger charge is -2.07. The van der Waals surface area contributed by atoms with Gasteiger partial charge < -0.3 is 14.6 Å². The van der Waals surface area contributed by atoms with E-state index in [-0.39, 0.29) is 0 Å². The summed E-state index contributed by atoms with van der Waals surface area (Å²) in [5, 5.41) is 3.00. The highest BCUT2D eigenvalue weighted by molar-refractivity contribution is 5.49. The second-order valence-electron chi connectivity index (χ2n) is 3.61. The molecule has 0 bridgehead atoms. The molecule has 6 nitrogen and oxygen atoms in total. The van der Waals surface area contributed by atoms with Crippen LogP contribution in [0.2, 0.25) is 0 Å². The summed E-state index contributed by atoms with van der Waals surface area (Å²) in [5.74, 6) is 2.08. The summed E-state index contributed by atoms with van der Waals surface area (Å²) in [5.41, 5.74) is 0.824. The first-order valence-corrected chi connectivity index (χ1v) is 5.27. The van der Waals surface area contributed by atoms with Crippen molar-refractivity contribution in [3.63, 3.8) is 0 Å². The monoisotopic (exact) mass is 233 g/mol. The Morgan fingerprint density at radius 1 is 1.41 bits per heavy atom. The maximum Gasteiger partial charge on any atom is 0.198 e. The number of hydrogen-bond acceptors (Lipinski definition) is 5. The van der Waals surface area contributed by atoms with Gasteiger partial charge in [-0.25, -0.2) is 15.0 Å². The van der Waals surface area contributed by atoms with Gasteiger partial charge in [-0.2, -0.15) is 0 Å². The van der Waals surface area contributed by atoms with Gasteiger partial charge in [0, 0.05) is 39.7 Å². The van der Waals surface area contributed by atoms with E-state index in [0.29, 0.717) is 12.4 Å². The molecule has 1 N–H and O–H groups in total. The number of imidazole rings is 1. The molecule has 17 heavy (non-hydrogen) atoms. The first-order chi connectivity index (χ1) is 8.24. The highest BCUT2D eigenvalue weighted by Crippen LogP contribution is 2.15. The van der Waals surface area contributed by atoms with Gasteiger partial charge in [-0.1, -0.05) is 0 Å². The van der Waals surface area contributed by atoms with Crippen LogP contribution in [-0.4, -0.2) is 33.7 Å². The number of hydrogen-bond donors (Lipinski definition) is 1. The van der Waals surface area contributed by atoms with Crippen molar-refractivity contribution < 1.29 is 4.74 Å². The van der Waals surface area contributed by atoms with Crippen molar-refractivity contribution in [3.05, 3.63) is 24.2 Å². The van der Waals surface area contributed by atoms with Crippen LogP contribution in [-0.2, 0) is 18.4 Å². The standard InChI is InChI=1S/C11H15N5O/c1-12-9-6-8(7-17-3)14-10(15-9)11-13-4-5-16(11)2/h4-6H,7H2,1-3H3,(H,12,14,15). The lowest BCUT2D eigenvalue weighted by Crippen LogP contribution is -2.04. The second kappa shape index (κ2) is 4.92. The van der Waals surface area contributed by atoms with Crippen LogP contribution in [0, 0.1) is 0 Å². The molecule has 0 fully saturated rings. The average Bonchev–Trinajstić information content (AvgIpc) is 2.75. The fourth-order valence-corrected chi connectivity index (χ4v) is 1.53. The molecule has 0 spiro atoms. The highest BCUT2D eigenvalue weighted by atomic mass is 16.5. The van der Waals surface area contributed by atoms with E-state index in [1.54, 1.807) is 13.3 Å². The van der Waals surface area contributed by atoms with E-state index < -0.39 is 0 Å². The van der Waals surface area contributed by atoms with Gasteiger partial charge in [0.2, 0.25) is 0 Å². The Labute approximate surface area is 99.7 Å². The van der Waals surface area contributed by atoms with E-state index in [1.165, 1.54) is 0 Å². The Balaban J connectivity index is 2.46. The minimum Gasteiger partial charge on any atom is -0.378 e. The molecule has 0 unspecified atom stereocenters. The Morgan fingerprint density at radius 2 is 2.24 bits per heavy atom. The predicted molar refractivity (Wildman–Crippen MR) is 64.5 cm³/mol. The Hall–Kier alpha value is -1.95. The zero-order valence-electron chi connectivity index (χ0n) is 10.1. The summed E-state index contributed by atoms with van der Waals surface area (Å²) in [7, 11) is 5.37. The highest BCUT2D eigenvalue weighted by Gasteiger charge is 2.10. The van der Waals surface area contributed by atoms with Crippen LogP contribution >= 0.6 is 0 Å². The van der Waals surface area contributed by atoms with E-state index in [4.69, 9.17) is 4.74 Å². The van der Waals surface area contributed by atoms with Crippen molar-refractivity contribution >= 4 is 5.82 Å². The van der Waals surface area contributed by atoms with E-state index in [2.05, 4.69) is 20.3 Å². The van der Waals surface area contributed by atoms with Crippen LogP contribution in [0.25, 0.3) is 11.6 Å². The number of aromatic nitrogens is 4. The number of methoxy groups -OCH3 is 1. The van der Waals surface area contributed by atoms with Crippen LogP contribution in [0.1, 0.15) is 5.69 Å². The van der Waals surface area contributed by atoms with Crippen molar-refractivity contribution in [2.24, 2.45) is 7.05 Å². The molecule has 0 aliphatic rings. The SMILES string of the molecule is CNc1cc(COC)nc(-c2nccn2C)n1. The molecular formula is C11H15N5O. The molecule has 0 amide bonds. The summed E-state index contributed by atoms with van der Waals surface area (Å²) >= 11 is 0. The third-order valence-corrected chi connectivity index (χ3v) is 2.35. The number of aryl methyl sites for hydroxylation is 1. The van der Waals surface area contributed by atoms with Crippen LogP contribution < -0.4 is 5.32 Å². The van der Waals surface area contributed by atoms with Gasteiger partial charge >= 0.3 is 0 Å². The van der Waals surface area contributed by atoms with Gasteiger partial charge in [0.25, 0.3) is 0 Å².